The molecule has 18 heavy (non-hydrogen) atoms. The van der Waals surface area contributed by atoms with Gasteiger partial charge in [-0.25, -0.2) is 8.42 Å². The second kappa shape index (κ2) is 5.67. The normalized spacial score (nSPS) is 22.1. The van der Waals surface area contributed by atoms with Crippen LogP contribution in [-0.4, -0.2) is 37.6 Å². The van der Waals surface area contributed by atoms with Gasteiger partial charge < -0.3 is 9.88 Å². The summed E-state index contributed by atoms with van der Waals surface area (Å²) in [5.41, 5.74) is -0.0113. The van der Waals surface area contributed by atoms with Gasteiger partial charge in [0.1, 0.15) is 0 Å². The maximum Gasteiger partial charge on any atom is 0.250 e. The van der Waals surface area contributed by atoms with Crippen LogP contribution >= 0.6 is 0 Å². The topological polar surface area (TPSA) is 68.2 Å². The molecule has 0 aliphatic carbocycles. The van der Waals surface area contributed by atoms with E-state index in [0.717, 1.165) is 6.42 Å². The van der Waals surface area contributed by atoms with Crippen LogP contribution in [0.5, 0.6) is 0 Å². The van der Waals surface area contributed by atoms with Crippen molar-refractivity contribution in [2.45, 2.75) is 13.0 Å². The van der Waals surface area contributed by atoms with Crippen molar-refractivity contribution in [3.8, 4) is 0 Å². The van der Waals surface area contributed by atoms with E-state index >= 15 is 0 Å². The Labute approximate surface area is 107 Å². The van der Waals surface area contributed by atoms with Crippen molar-refractivity contribution in [1.82, 2.24) is 9.88 Å². The summed E-state index contributed by atoms with van der Waals surface area (Å²) in [7, 11) is -2.79. The summed E-state index contributed by atoms with van der Waals surface area (Å²) >= 11 is 0. The average molecular weight is 270 g/mol. The number of nitrogens with zero attached hydrogens (tertiary/aromatic N) is 1. The second-order valence-electron chi connectivity index (χ2n) is 4.71. The van der Waals surface area contributed by atoms with Gasteiger partial charge in [0.05, 0.1) is 11.5 Å². The molecule has 1 aromatic heterocycles. The molecular weight excluding hydrogens is 252 g/mol. The second-order valence-corrected chi connectivity index (χ2v) is 6.93. The average Bonchev–Trinajstić information content (AvgIpc) is 2.67. The molecule has 1 atom stereocenters. The number of pyridine rings is 1. The van der Waals surface area contributed by atoms with Crippen molar-refractivity contribution >= 4 is 9.84 Å². The van der Waals surface area contributed by atoms with Gasteiger partial charge in [-0.1, -0.05) is 6.07 Å². The Morgan fingerprint density at radius 3 is 2.89 bits per heavy atom. The molecular formula is C12H18N2O3S. The van der Waals surface area contributed by atoms with Crippen molar-refractivity contribution in [3.05, 3.63) is 34.7 Å². The van der Waals surface area contributed by atoms with Gasteiger partial charge in [-0.3, -0.25) is 4.79 Å². The Bertz CT molecular complexity index is 550. The van der Waals surface area contributed by atoms with E-state index < -0.39 is 9.84 Å². The Hall–Kier alpha value is -1.14. The fourth-order valence-corrected chi connectivity index (χ4v) is 4.05. The SMILES string of the molecule is O=c1ccccn1CCNCC1CCS(=O)(=O)C1. The minimum atomic E-state index is -2.79. The first-order valence-corrected chi connectivity index (χ1v) is 7.95. The highest BCUT2D eigenvalue weighted by Gasteiger charge is 2.27. The van der Waals surface area contributed by atoms with Gasteiger partial charge in [-0.15, -0.1) is 0 Å². The molecule has 2 rings (SSSR count). The Kier molecular flexibility index (Phi) is 4.19. The molecule has 0 aromatic carbocycles. The molecule has 1 aliphatic rings. The molecule has 1 unspecified atom stereocenters. The van der Waals surface area contributed by atoms with Crippen LogP contribution in [0.25, 0.3) is 0 Å². The lowest BCUT2D eigenvalue weighted by Crippen LogP contribution is -2.29. The summed E-state index contributed by atoms with van der Waals surface area (Å²) in [4.78, 5) is 11.4. The zero-order chi connectivity index (χ0) is 13.0. The van der Waals surface area contributed by atoms with Crippen LogP contribution in [-0.2, 0) is 16.4 Å². The third kappa shape index (κ3) is 3.68. The van der Waals surface area contributed by atoms with E-state index in [4.69, 9.17) is 0 Å². The molecule has 1 fully saturated rings. The molecule has 1 aromatic rings. The van der Waals surface area contributed by atoms with E-state index in [1.54, 1.807) is 16.8 Å². The highest BCUT2D eigenvalue weighted by Crippen LogP contribution is 2.17. The Morgan fingerprint density at radius 1 is 1.39 bits per heavy atom. The smallest absolute Gasteiger partial charge is 0.250 e. The van der Waals surface area contributed by atoms with E-state index in [0.29, 0.717) is 31.1 Å². The van der Waals surface area contributed by atoms with Crippen LogP contribution in [0.3, 0.4) is 0 Å². The summed E-state index contributed by atoms with van der Waals surface area (Å²) in [6.07, 6.45) is 2.50. The van der Waals surface area contributed by atoms with Crippen LogP contribution in [0.15, 0.2) is 29.2 Å². The van der Waals surface area contributed by atoms with Crippen molar-refractivity contribution in [2.75, 3.05) is 24.6 Å². The summed E-state index contributed by atoms with van der Waals surface area (Å²) in [5, 5.41) is 3.22. The quantitative estimate of drug-likeness (QED) is 0.757. The lowest BCUT2D eigenvalue weighted by atomic mass is 10.1. The maximum atomic E-state index is 11.4. The van der Waals surface area contributed by atoms with Crippen molar-refractivity contribution in [3.63, 3.8) is 0 Å². The predicted molar refractivity (Wildman–Crippen MR) is 70.3 cm³/mol. The van der Waals surface area contributed by atoms with Crippen molar-refractivity contribution in [2.24, 2.45) is 5.92 Å². The van der Waals surface area contributed by atoms with Gasteiger partial charge in [0.25, 0.3) is 5.56 Å². The number of aromatic nitrogens is 1. The maximum absolute atomic E-state index is 11.4. The van der Waals surface area contributed by atoms with Crippen molar-refractivity contribution < 1.29 is 8.42 Å². The largest absolute Gasteiger partial charge is 0.315 e. The fourth-order valence-electron chi connectivity index (χ4n) is 2.18. The van der Waals surface area contributed by atoms with E-state index in [1.807, 2.05) is 6.07 Å². The highest BCUT2D eigenvalue weighted by molar-refractivity contribution is 7.91. The van der Waals surface area contributed by atoms with Crippen LogP contribution < -0.4 is 10.9 Å². The monoisotopic (exact) mass is 270 g/mol. The molecule has 1 N–H and O–H groups in total. The molecule has 100 valence electrons. The number of hydrogen-bond donors (Lipinski definition) is 1. The lowest BCUT2D eigenvalue weighted by molar-refractivity contribution is 0.499. The third-order valence-corrected chi connectivity index (χ3v) is 5.03. The van der Waals surface area contributed by atoms with Gasteiger partial charge in [-0.05, 0) is 24.9 Å². The molecule has 0 bridgehead atoms. The molecule has 6 heteroatoms. The van der Waals surface area contributed by atoms with E-state index in [2.05, 4.69) is 5.32 Å². The minimum Gasteiger partial charge on any atom is -0.315 e. The van der Waals surface area contributed by atoms with E-state index in [-0.39, 0.29) is 11.5 Å². The van der Waals surface area contributed by atoms with Gasteiger partial charge in [-0.2, -0.15) is 0 Å². The van der Waals surface area contributed by atoms with Gasteiger partial charge in [0.15, 0.2) is 9.84 Å². The first kappa shape index (κ1) is 13.3. The molecule has 0 amide bonds. The molecule has 0 saturated carbocycles. The molecule has 1 saturated heterocycles. The highest BCUT2D eigenvalue weighted by atomic mass is 32.2. The Balaban J connectivity index is 1.71. The van der Waals surface area contributed by atoms with Crippen LogP contribution in [0.2, 0.25) is 0 Å². The molecule has 2 heterocycles. The molecule has 0 spiro atoms. The summed E-state index contributed by atoms with van der Waals surface area (Å²) in [6.45, 7) is 2.00. The summed E-state index contributed by atoms with van der Waals surface area (Å²) in [6, 6.07) is 5.07. The third-order valence-electron chi connectivity index (χ3n) is 3.19. The van der Waals surface area contributed by atoms with Gasteiger partial charge in [0, 0.05) is 25.4 Å². The number of sulfone groups is 1. The first-order chi connectivity index (χ1) is 8.57. The molecule has 1 aliphatic heterocycles. The minimum absolute atomic E-state index is 0.0113. The predicted octanol–water partition coefficient (Wildman–Crippen LogP) is -0.127. The van der Waals surface area contributed by atoms with Gasteiger partial charge >= 0.3 is 0 Å². The molecule has 5 nitrogen and oxygen atoms in total. The Morgan fingerprint density at radius 2 is 2.22 bits per heavy atom. The standard InChI is InChI=1S/C12H18N2O3S/c15-12-3-1-2-6-14(12)7-5-13-9-11-4-8-18(16,17)10-11/h1-3,6,11,13H,4-5,7-10H2. The number of rotatable bonds is 5. The van der Waals surface area contributed by atoms with Gasteiger partial charge in [0.2, 0.25) is 0 Å². The summed E-state index contributed by atoms with van der Waals surface area (Å²) < 4.78 is 24.2. The van der Waals surface area contributed by atoms with E-state index in [9.17, 15) is 13.2 Å². The summed E-state index contributed by atoms with van der Waals surface area (Å²) in [5.74, 6) is 0.838. The lowest BCUT2D eigenvalue weighted by Gasteiger charge is -2.10. The number of nitrogens with one attached hydrogen (secondary N) is 1. The number of hydrogen-bond acceptors (Lipinski definition) is 4. The van der Waals surface area contributed by atoms with Crippen LogP contribution in [0.4, 0.5) is 0 Å². The fraction of sp³-hybridized carbons (Fsp3) is 0.583. The van der Waals surface area contributed by atoms with Crippen LogP contribution in [0, 0.1) is 5.92 Å². The zero-order valence-electron chi connectivity index (χ0n) is 10.2. The van der Waals surface area contributed by atoms with E-state index in [1.165, 1.54) is 6.07 Å². The zero-order valence-corrected chi connectivity index (χ0v) is 11.0. The molecule has 0 radical (unpaired) electrons. The van der Waals surface area contributed by atoms with Crippen molar-refractivity contribution in [1.29, 1.82) is 0 Å². The van der Waals surface area contributed by atoms with Crippen LogP contribution in [0.1, 0.15) is 6.42 Å². The first-order valence-electron chi connectivity index (χ1n) is 6.13.